The zero-order valence-electron chi connectivity index (χ0n) is 13.9. The minimum Gasteiger partial charge on any atom is -0.354 e. The highest BCUT2D eigenvalue weighted by molar-refractivity contribution is 5.79. The number of carbonyl (C=O) groups excluding carboxylic acids is 1. The highest BCUT2D eigenvalue weighted by Gasteiger charge is 2.26. The predicted octanol–water partition coefficient (Wildman–Crippen LogP) is 1.66. The number of anilines is 1. The van der Waals surface area contributed by atoms with E-state index in [0.29, 0.717) is 13.1 Å². The van der Waals surface area contributed by atoms with Gasteiger partial charge in [-0.15, -0.1) is 15.3 Å². The largest absolute Gasteiger partial charge is 0.354 e. The summed E-state index contributed by atoms with van der Waals surface area (Å²) in [5.74, 6) is 0.947. The maximum Gasteiger partial charge on any atom is 0.225 e. The molecule has 0 unspecified atom stereocenters. The van der Waals surface area contributed by atoms with Crippen LogP contribution in [0.4, 0.5) is 5.82 Å². The predicted molar refractivity (Wildman–Crippen MR) is 94.0 cm³/mol. The lowest BCUT2D eigenvalue weighted by Gasteiger charge is -2.32. The summed E-state index contributed by atoms with van der Waals surface area (Å²) in [5.41, 5.74) is 1.83. The number of piperidine rings is 1. The molecular formula is C18H20N6O. The molecule has 0 aliphatic carbocycles. The number of amides is 1. The van der Waals surface area contributed by atoms with Crippen LogP contribution in [-0.4, -0.2) is 38.8 Å². The average Bonchev–Trinajstić information content (AvgIpc) is 3.15. The second-order valence-electron chi connectivity index (χ2n) is 6.31. The first-order valence-electron chi connectivity index (χ1n) is 8.53. The summed E-state index contributed by atoms with van der Waals surface area (Å²) in [4.78, 5) is 14.7. The topological polar surface area (TPSA) is 75.4 Å². The summed E-state index contributed by atoms with van der Waals surface area (Å²) >= 11 is 0. The molecule has 0 saturated carbocycles. The van der Waals surface area contributed by atoms with Crippen molar-refractivity contribution in [3.8, 4) is 0 Å². The maximum atomic E-state index is 12.5. The minimum atomic E-state index is -0.0177. The van der Waals surface area contributed by atoms with Gasteiger partial charge in [0.25, 0.3) is 0 Å². The van der Waals surface area contributed by atoms with E-state index in [1.807, 2.05) is 42.5 Å². The molecule has 1 atom stereocenters. The minimum absolute atomic E-state index is 0.0177. The van der Waals surface area contributed by atoms with Crippen LogP contribution in [0, 0.1) is 5.92 Å². The van der Waals surface area contributed by atoms with Gasteiger partial charge >= 0.3 is 0 Å². The second-order valence-corrected chi connectivity index (χ2v) is 6.31. The SMILES string of the molecule is O=C(NCc1ccccc1)[C@@H]1CCCN(c2ccc3nncn3n2)C1. The number of hydrogen-bond acceptors (Lipinski definition) is 5. The molecule has 4 rings (SSSR count). The van der Waals surface area contributed by atoms with Gasteiger partial charge in [-0.3, -0.25) is 4.79 Å². The lowest BCUT2D eigenvalue weighted by atomic mass is 9.97. The van der Waals surface area contributed by atoms with Gasteiger partial charge in [-0.2, -0.15) is 4.52 Å². The molecular weight excluding hydrogens is 316 g/mol. The maximum absolute atomic E-state index is 12.5. The monoisotopic (exact) mass is 336 g/mol. The van der Waals surface area contributed by atoms with E-state index in [9.17, 15) is 4.79 Å². The molecule has 1 fully saturated rings. The fourth-order valence-corrected chi connectivity index (χ4v) is 3.22. The number of nitrogens with one attached hydrogen (secondary N) is 1. The van der Waals surface area contributed by atoms with Gasteiger partial charge in [0.15, 0.2) is 5.65 Å². The third kappa shape index (κ3) is 3.45. The van der Waals surface area contributed by atoms with Crippen molar-refractivity contribution in [2.75, 3.05) is 18.0 Å². The number of carbonyl (C=O) groups is 1. The lowest BCUT2D eigenvalue weighted by molar-refractivity contribution is -0.125. The zero-order chi connectivity index (χ0) is 17.1. The van der Waals surface area contributed by atoms with Crippen molar-refractivity contribution in [3.63, 3.8) is 0 Å². The Balaban J connectivity index is 1.40. The van der Waals surface area contributed by atoms with Crippen LogP contribution in [0.5, 0.6) is 0 Å². The van der Waals surface area contributed by atoms with Gasteiger partial charge < -0.3 is 10.2 Å². The Kier molecular flexibility index (Phi) is 4.28. The molecule has 1 saturated heterocycles. The molecule has 0 bridgehead atoms. The summed E-state index contributed by atoms with van der Waals surface area (Å²) in [6, 6.07) is 13.8. The van der Waals surface area contributed by atoms with E-state index in [0.717, 1.165) is 36.4 Å². The van der Waals surface area contributed by atoms with Crippen LogP contribution in [-0.2, 0) is 11.3 Å². The number of hydrogen-bond donors (Lipinski definition) is 1. The van der Waals surface area contributed by atoms with Crippen molar-refractivity contribution < 1.29 is 4.79 Å². The van der Waals surface area contributed by atoms with Crippen LogP contribution in [0.25, 0.3) is 5.65 Å². The van der Waals surface area contributed by atoms with E-state index in [1.165, 1.54) is 0 Å². The van der Waals surface area contributed by atoms with E-state index in [2.05, 4.69) is 25.5 Å². The summed E-state index contributed by atoms with van der Waals surface area (Å²) in [6.45, 7) is 2.16. The Labute approximate surface area is 145 Å². The number of nitrogens with zero attached hydrogens (tertiary/aromatic N) is 5. The first kappa shape index (κ1) is 15.6. The summed E-state index contributed by atoms with van der Waals surface area (Å²) in [7, 11) is 0. The van der Waals surface area contributed by atoms with E-state index < -0.39 is 0 Å². The molecule has 1 amide bonds. The van der Waals surface area contributed by atoms with Gasteiger partial charge in [-0.25, -0.2) is 0 Å². The molecule has 1 aliphatic heterocycles. The fraction of sp³-hybridized carbons (Fsp3) is 0.333. The van der Waals surface area contributed by atoms with Gasteiger partial charge in [0, 0.05) is 19.6 Å². The molecule has 25 heavy (non-hydrogen) atoms. The Morgan fingerprint density at radius 2 is 2.08 bits per heavy atom. The molecule has 128 valence electrons. The Morgan fingerprint density at radius 3 is 2.96 bits per heavy atom. The molecule has 1 aromatic carbocycles. The van der Waals surface area contributed by atoms with E-state index in [1.54, 1.807) is 10.8 Å². The van der Waals surface area contributed by atoms with Gasteiger partial charge in [0.2, 0.25) is 5.91 Å². The first-order valence-corrected chi connectivity index (χ1v) is 8.53. The van der Waals surface area contributed by atoms with E-state index in [4.69, 9.17) is 0 Å². The summed E-state index contributed by atoms with van der Waals surface area (Å²) in [6.07, 6.45) is 3.48. The fourth-order valence-electron chi connectivity index (χ4n) is 3.22. The lowest BCUT2D eigenvalue weighted by Crippen LogP contribution is -2.43. The highest BCUT2D eigenvalue weighted by Crippen LogP contribution is 2.22. The van der Waals surface area contributed by atoms with E-state index >= 15 is 0 Å². The summed E-state index contributed by atoms with van der Waals surface area (Å²) < 4.78 is 1.66. The zero-order valence-corrected chi connectivity index (χ0v) is 13.9. The van der Waals surface area contributed by atoms with Crippen LogP contribution in [0.15, 0.2) is 48.8 Å². The van der Waals surface area contributed by atoms with Crippen molar-refractivity contribution >= 4 is 17.4 Å². The van der Waals surface area contributed by atoms with Gasteiger partial charge in [0.05, 0.1) is 5.92 Å². The van der Waals surface area contributed by atoms with Crippen LogP contribution >= 0.6 is 0 Å². The molecule has 3 aromatic rings. The molecule has 2 aromatic heterocycles. The molecule has 1 aliphatic rings. The Hall–Kier alpha value is -2.96. The molecule has 7 nitrogen and oxygen atoms in total. The van der Waals surface area contributed by atoms with Gasteiger partial charge in [-0.05, 0) is 30.5 Å². The van der Waals surface area contributed by atoms with Crippen molar-refractivity contribution in [1.29, 1.82) is 0 Å². The van der Waals surface area contributed by atoms with Crippen LogP contribution in [0.3, 0.4) is 0 Å². The molecule has 3 heterocycles. The molecule has 1 N–H and O–H groups in total. The van der Waals surface area contributed by atoms with Crippen molar-refractivity contribution in [2.45, 2.75) is 19.4 Å². The third-order valence-corrected chi connectivity index (χ3v) is 4.57. The Bertz CT molecular complexity index is 862. The summed E-state index contributed by atoms with van der Waals surface area (Å²) in [5, 5.41) is 15.4. The molecule has 0 radical (unpaired) electrons. The standard InChI is InChI=1S/C18H20N6O/c25-18(19-11-14-5-2-1-3-6-14)15-7-4-10-23(12-15)17-9-8-16-21-20-13-24(16)22-17/h1-3,5-6,8-9,13,15H,4,7,10-12H2,(H,19,25)/t15-/m1/s1. The van der Waals surface area contributed by atoms with Crippen LogP contribution in [0.2, 0.25) is 0 Å². The van der Waals surface area contributed by atoms with Gasteiger partial charge in [0.1, 0.15) is 12.1 Å². The third-order valence-electron chi connectivity index (χ3n) is 4.57. The number of rotatable bonds is 4. The van der Waals surface area contributed by atoms with Crippen molar-refractivity contribution in [2.24, 2.45) is 5.92 Å². The second kappa shape index (κ2) is 6.88. The molecule has 7 heteroatoms. The van der Waals surface area contributed by atoms with Crippen molar-refractivity contribution in [1.82, 2.24) is 25.1 Å². The molecule has 0 spiro atoms. The van der Waals surface area contributed by atoms with Crippen LogP contribution < -0.4 is 10.2 Å². The smallest absolute Gasteiger partial charge is 0.225 e. The van der Waals surface area contributed by atoms with Crippen molar-refractivity contribution in [3.05, 3.63) is 54.4 Å². The number of benzene rings is 1. The quantitative estimate of drug-likeness (QED) is 0.784. The van der Waals surface area contributed by atoms with Gasteiger partial charge in [-0.1, -0.05) is 30.3 Å². The van der Waals surface area contributed by atoms with E-state index in [-0.39, 0.29) is 11.8 Å². The normalized spacial score (nSPS) is 17.6. The highest BCUT2D eigenvalue weighted by atomic mass is 16.1. The Morgan fingerprint density at radius 1 is 1.20 bits per heavy atom. The van der Waals surface area contributed by atoms with Crippen LogP contribution in [0.1, 0.15) is 18.4 Å². The average molecular weight is 336 g/mol. The number of fused-ring (bicyclic) bond motifs is 1. The first-order chi connectivity index (χ1) is 12.3. The number of aromatic nitrogens is 4.